The van der Waals surface area contributed by atoms with Crippen LogP contribution in [0.5, 0.6) is 0 Å². The van der Waals surface area contributed by atoms with Crippen LogP contribution in [0, 0.1) is 0 Å². The first-order valence-electron chi connectivity index (χ1n) is 9.02. The van der Waals surface area contributed by atoms with Crippen LogP contribution in [0.2, 0.25) is 5.02 Å². The fourth-order valence-corrected chi connectivity index (χ4v) is 4.41. The first-order chi connectivity index (χ1) is 14.1. The number of hydrogen-bond donors (Lipinski definition) is 1. The summed E-state index contributed by atoms with van der Waals surface area (Å²) in [5, 5.41) is 4.53. The average molecular weight is 425 g/mol. The van der Waals surface area contributed by atoms with E-state index in [2.05, 4.69) is 5.32 Å². The summed E-state index contributed by atoms with van der Waals surface area (Å²) in [6.07, 6.45) is 0. The number of anilines is 2. The first kappa shape index (κ1) is 19.2. The molecule has 1 N–H and O–H groups in total. The molecule has 0 saturated heterocycles. The number of halogens is 1. The van der Waals surface area contributed by atoms with Gasteiger partial charge in [-0.1, -0.05) is 41.9 Å². The van der Waals surface area contributed by atoms with Gasteiger partial charge in [0.2, 0.25) is 0 Å². The van der Waals surface area contributed by atoms with Crippen LogP contribution in [0.25, 0.3) is 15.9 Å². The Kier molecular flexibility index (Phi) is 5.38. The highest BCUT2D eigenvalue weighted by atomic mass is 35.5. The highest BCUT2D eigenvalue weighted by Gasteiger charge is 2.23. The Morgan fingerprint density at radius 3 is 2.52 bits per heavy atom. The van der Waals surface area contributed by atoms with Crippen molar-refractivity contribution in [2.45, 2.75) is 6.92 Å². The third-order valence-electron chi connectivity index (χ3n) is 4.35. The number of carbonyl (C=O) groups excluding carboxylic acids is 1. The Morgan fingerprint density at radius 2 is 1.79 bits per heavy atom. The normalized spacial score (nSPS) is 10.8. The smallest absolute Gasteiger partial charge is 0.350 e. The van der Waals surface area contributed by atoms with E-state index in [0.29, 0.717) is 26.1 Å². The summed E-state index contributed by atoms with van der Waals surface area (Å²) in [4.78, 5) is 26.4. The highest BCUT2D eigenvalue weighted by molar-refractivity contribution is 7.21. The van der Waals surface area contributed by atoms with Crippen molar-refractivity contribution in [1.29, 1.82) is 0 Å². The molecule has 0 atom stereocenters. The van der Waals surface area contributed by atoms with Gasteiger partial charge in [-0.25, -0.2) is 4.79 Å². The molecule has 0 amide bonds. The maximum absolute atomic E-state index is 12.7. The maximum Gasteiger partial charge on any atom is 0.350 e. The van der Waals surface area contributed by atoms with Crippen LogP contribution in [-0.2, 0) is 4.74 Å². The quantitative estimate of drug-likeness (QED) is 0.422. The molecule has 0 bridgehead atoms. The Hall–Kier alpha value is -3.09. The number of benzene rings is 2. The second kappa shape index (κ2) is 8.11. The lowest BCUT2D eigenvalue weighted by molar-refractivity contribution is 0.0533. The number of esters is 1. The Morgan fingerprint density at radius 1 is 1.07 bits per heavy atom. The van der Waals surface area contributed by atoms with Gasteiger partial charge in [0.15, 0.2) is 0 Å². The summed E-state index contributed by atoms with van der Waals surface area (Å²) in [5.41, 5.74) is 1.78. The van der Waals surface area contributed by atoms with Gasteiger partial charge in [0, 0.05) is 11.5 Å². The third-order valence-corrected chi connectivity index (χ3v) is 5.85. The summed E-state index contributed by atoms with van der Waals surface area (Å²) in [6.45, 7) is 2.01. The van der Waals surface area contributed by atoms with Crippen molar-refractivity contribution >= 4 is 50.5 Å². The van der Waals surface area contributed by atoms with E-state index in [1.807, 2.05) is 48.5 Å². The van der Waals surface area contributed by atoms with Gasteiger partial charge in [-0.3, -0.25) is 9.36 Å². The van der Waals surface area contributed by atoms with Gasteiger partial charge in [0.1, 0.15) is 9.71 Å². The van der Waals surface area contributed by atoms with Crippen molar-refractivity contribution in [3.63, 3.8) is 0 Å². The monoisotopic (exact) mass is 424 g/mol. The minimum absolute atomic E-state index is 0.176. The van der Waals surface area contributed by atoms with E-state index in [0.717, 1.165) is 11.1 Å². The van der Waals surface area contributed by atoms with E-state index in [9.17, 15) is 9.59 Å². The van der Waals surface area contributed by atoms with Crippen LogP contribution in [0.1, 0.15) is 16.6 Å². The molecular weight excluding hydrogens is 408 g/mol. The number of pyridine rings is 1. The fourth-order valence-electron chi connectivity index (χ4n) is 3.07. The Bertz CT molecular complexity index is 1250. The molecule has 0 aliphatic rings. The lowest BCUT2D eigenvalue weighted by atomic mass is 10.2. The topological polar surface area (TPSA) is 60.3 Å². The van der Waals surface area contributed by atoms with Crippen molar-refractivity contribution in [2.24, 2.45) is 0 Å². The molecule has 0 saturated carbocycles. The summed E-state index contributed by atoms with van der Waals surface area (Å²) in [5.74, 6) is -0.449. The van der Waals surface area contributed by atoms with Gasteiger partial charge < -0.3 is 10.1 Å². The maximum atomic E-state index is 12.7. The molecule has 29 heavy (non-hydrogen) atoms. The number of fused-ring (bicyclic) bond motifs is 1. The molecule has 0 radical (unpaired) electrons. The predicted molar refractivity (Wildman–Crippen MR) is 118 cm³/mol. The minimum Gasteiger partial charge on any atom is -0.462 e. The molecule has 7 heteroatoms. The van der Waals surface area contributed by atoms with Gasteiger partial charge in [0.05, 0.1) is 28.7 Å². The van der Waals surface area contributed by atoms with Crippen molar-refractivity contribution in [1.82, 2.24) is 4.57 Å². The number of thiophene rings is 1. The van der Waals surface area contributed by atoms with Crippen molar-refractivity contribution in [2.75, 3.05) is 11.9 Å². The first-order valence-corrected chi connectivity index (χ1v) is 10.2. The zero-order valence-corrected chi connectivity index (χ0v) is 17.1. The summed E-state index contributed by atoms with van der Waals surface area (Å²) in [7, 11) is 0. The number of rotatable bonds is 5. The van der Waals surface area contributed by atoms with Gasteiger partial charge in [0.25, 0.3) is 5.56 Å². The molecule has 2 heterocycles. The largest absolute Gasteiger partial charge is 0.462 e. The van der Waals surface area contributed by atoms with Gasteiger partial charge in [-0.2, -0.15) is 0 Å². The number of para-hydroxylation sites is 2. The number of nitrogens with zero attached hydrogens (tertiary/aromatic N) is 1. The highest BCUT2D eigenvalue weighted by Crippen LogP contribution is 2.39. The molecule has 4 aromatic rings. The lowest BCUT2D eigenvalue weighted by Crippen LogP contribution is -2.16. The number of ether oxygens (including phenoxy) is 1. The fraction of sp³-hybridized carbons (Fsp3) is 0.0909. The molecule has 146 valence electrons. The van der Waals surface area contributed by atoms with Crippen LogP contribution in [0.15, 0.2) is 71.5 Å². The second-order valence-electron chi connectivity index (χ2n) is 6.19. The van der Waals surface area contributed by atoms with Crippen molar-refractivity contribution < 1.29 is 9.53 Å². The van der Waals surface area contributed by atoms with Crippen LogP contribution in [0.3, 0.4) is 0 Å². The molecule has 4 rings (SSSR count). The Balaban J connectivity index is 1.98. The average Bonchev–Trinajstić information content (AvgIpc) is 3.09. The van der Waals surface area contributed by atoms with Crippen molar-refractivity contribution in [3.8, 4) is 5.69 Å². The molecule has 0 aliphatic heterocycles. The molecule has 0 unspecified atom stereocenters. The van der Waals surface area contributed by atoms with Gasteiger partial charge in [-0.05, 0) is 37.3 Å². The molecule has 0 fully saturated rings. The van der Waals surface area contributed by atoms with E-state index >= 15 is 0 Å². The van der Waals surface area contributed by atoms with Gasteiger partial charge in [-0.15, -0.1) is 11.3 Å². The van der Waals surface area contributed by atoms with Crippen molar-refractivity contribution in [3.05, 3.63) is 87.0 Å². The van der Waals surface area contributed by atoms with E-state index in [1.54, 1.807) is 23.6 Å². The molecule has 2 aromatic carbocycles. The van der Waals surface area contributed by atoms with Crippen LogP contribution >= 0.6 is 22.9 Å². The standard InChI is InChI=1S/C22H17ClN2O3S/c1-2-28-22(27)20-19(24-17-11-7-6-10-16(17)23)15-12-13-18(26)25(21(15)29-20)14-8-4-3-5-9-14/h3-13,24H,2H2,1H3. The van der Waals surface area contributed by atoms with Gasteiger partial charge >= 0.3 is 5.97 Å². The van der Waals surface area contributed by atoms with Crippen LogP contribution in [0.4, 0.5) is 11.4 Å². The SMILES string of the molecule is CCOC(=O)c1sc2c(ccc(=O)n2-c2ccccc2)c1Nc1ccccc1Cl. The van der Waals surface area contributed by atoms with E-state index in [1.165, 1.54) is 17.4 Å². The number of hydrogen-bond acceptors (Lipinski definition) is 5. The van der Waals surface area contributed by atoms with Crippen LogP contribution < -0.4 is 10.9 Å². The zero-order chi connectivity index (χ0) is 20.4. The molecule has 0 spiro atoms. The molecule has 5 nitrogen and oxygen atoms in total. The zero-order valence-electron chi connectivity index (χ0n) is 15.5. The second-order valence-corrected chi connectivity index (χ2v) is 7.60. The van der Waals surface area contributed by atoms with E-state index < -0.39 is 5.97 Å². The summed E-state index contributed by atoms with van der Waals surface area (Å²) in [6, 6.07) is 19.8. The van der Waals surface area contributed by atoms with E-state index in [4.69, 9.17) is 16.3 Å². The Labute approximate surface area is 176 Å². The summed E-state index contributed by atoms with van der Waals surface area (Å²) >= 11 is 7.52. The minimum atomic E-state index is -0.449. The third kappa shape index (κ3) is 3.64. The van der Waals surface area contributed by atoms with E-state index in [-0.39, 0.29) is 12.2 Å². The predicted octanol–water partition coefficient (Wildman–Crippen LogP) is 5.63. The number of aromatic nitrogens is 1. The molecule has 2 aromatic heterocycles. The summed E-state index contributed by atoms with van der Waals surface area (Å²) < 4.78 is 6.85. The lowest BCUT2D eigenvalue weighted by Gasteiger charge is -2.10. The number of nitrogens with one attached hydrogen (secondary N) is 1. The van der Waals surface area contributed by atoms with Crippen LogP contribution in [-0.4, -0.2) is 17.1 Å². The molecular formula is C22H17ClN2O3S. The number of carbonyl (C=O) groups is 1. The molecule has 0 aliphatic carbocycles.